The average Bonchev–Trinajstić information content (AvgIpc) is 2.46. The number of piperidine rings is 1. The third-order valence-electron chi connectivity index (χ3n) is 3.61. The number of hydrogen-bond donors (Lipinski definition) is 1. The molecule has 0 bridgehead atoms. The van der Waals surface area contributed by atoms with Crippen LogP contribution in [-0.4, -0.2) is 19.7 Å². The van der Waals surface area contributed by atoms with Crippen LogP contribution in [0.2, 0.25) is 0 Å². The van der Waals surface area contributed by atoms with Crippen molar-refractivity contribution in [1.82, 2.24) is 5.32 Å². The van der Waals surface area contributed by atoms with Gasteiger partial charge in [-0.25, -0.2) is 0 Å². The number of fused-ring (bicyclic) bond motifs is 1. The Balaban J connectivity index is 1.66. The third-order valence-corrected chi connectivity index (χ3v) is 3.61. The first-order chi connectivity index (χ1) is 8.92. The second-order valence-corrected chi connectivity index (χ2v) is 5.03. The molecule has 3 rings (SSSR count). The molecular weight excluding hydrogens is 222 g/mol. The predicted molar refractivity (Wildman–Crippen MR) is 75.0 cm³/mol. The summed E-state index contributed by atoms with van der Waals surface area (Å²) in [7, 11) is 0. The summed E-state index contributed by atoms with van der Waals surface area (Å²) in [5.41, 5.74) is 0. The second kappa shape index (κ2) is 5.40. The van der Waals surface area contributed by atoms with Crippen molar-refractivity contribution in [3.8, 4) is 5.75 Å². The SMILES string of the molecule is c1ccc2cc(OC[C@@H]3CCCNC3)ccc2c1. The maximum Gasteiger partial charge on any atom is 0.119 e. The van der Waals surface area contributed by atoms with E-state index in [0.29, 0.717) is 5.92 Å². The summed E-state index contributed by atoms with van der Waals surface area (Å²) >= 11 is 0. The van der Waals surface area contributed by atoms with E-state index in [1.165, 1.54) is 23.6 Å². The minimum atomic E-state index is 0.658. The van der Waals surface area contributed by atoms with E-state index in [0.717, 1.165) is 25.4 Å². The minimum absolute atomic E-state index is 0.658. The van der Waals surface area contributed by atoms with Gasteiger partial charge in [0.25, 0.3) is 0 Å². The van der Waals surface area contributed by atoms with Crippen LogP contribution in [0, 0.1) is 5.92 Å². The van der Waals surface area contributed by atoms with Gasteiger partial charge in [-0.2, -0.15) is 0 Å². The first kappa shape index (κ1) is 11.5. The van der Waals surface area contributed by atoms with E-state index in [1.807, 2.05) is 0 Å². The first-order valence-electron chi connectivity index (χ1n) is 6.74. The van der Waals surface area contributed by atoms with E-state index < -0.39 is 0 Å². The van der Waals surface area contributed by atoms with Crippen LogP contribution in [0.4, 0.5) is 0 Å². The topological polar surface area (TPSA) is 21.3 Å². The molecule has 0 unspecified atom stereocenters. The van der Waals surface area contributed by atoms with Gasteiger partial charge >= 0.3 is 0 Å². The zero-order valence-electron chi connectivity index (χ0n) is 10.6. The second-order valence-electron chi connectivity index (χ2n) is 5.03. The van der Waals surface area contributed by atoms with Gasteiger partial charge in [0.15, 0.2) is 0 Å². The van der Waals surface area contributed by atoms with E-state index in [4.69, 9.17) is 4.74 Å². The minimum Gasteiger partial charge on any atom is -0.493 e. The molecule has 0 spiro atoms. The van der Waals surface area contributed by atoms with Crippen molar-refractivity contribution in [2.24, 2.45) is 5.92 Å². The van der Waals surface area contributed by atoms with Crippen LogP contribution in [0.5, 0.6) is 5.75 Å². The number of hydrogen-bond acceptors (Lipinski definition) is 2. The summed E-state index contributed by atoms with van der Waals surface area (Å²) in [5, 5.41) is 5.94. The van der Waals surface area contributed by atoms with Gasteiger partial charge in [-0.15, -0.1) is 0 Å². The molecule has 0 aliphatic carbocycles. The van der Waals surface area contributed by atoms with E-state index in [1.54, 1.807) is 0 Å². The smallest absolute Gasteiger partial charge is 0.119 e. The van der Waals surface area contributed by atoms with Crippen LogP contribution in [0.3, 0.4) is 0 Å². The molecule has 1 aliphatic heterocycles. The summed E-state index contributed by atoms with van der Waals surface area (Å²) in [5.74, 6) is 1.64. The first-order valence-corrected chi connectivity index (χ1v) is 6.74. The fourth-order valence-corrected chi connectivity index (χ4v) is 2.54. The number of ether oxygens (including phenoxy) is 1. The van der Waals surface area contributed by atoms with Crippen LogP contribution in [0.15, 0.2) is 42.5 Å². The fraction of sp³-hybridized carbons (Fsp3) is 0.375. The van der Waals surface area contributed by atoms with Crippen LogP contribution in [-0.2, 0) is 0 Å². The van der Waals surface area contributed by atoms with Crippen LogP contribution in [0.1, 0.15) is 12.8 Å². The molecule has 1 N–H and O–H groups in total. The molecule has 1 saturated heterocycles. The van der Waals surface area contributed by atoms with Crippen molar-refractivity contribution < 1.29 is 4.74 Å². The van der Waals surface area contributed by atoms with Gasteiger partial charge < -0.3 is 10.1 Å². The van der Waals surface area contributed by atoms with E-state index >= 15 is 0 Å². The van der Waals surface area contributed by atoms with Crippen molar-refractivity contribution in [3.63, 3.8) is 0 Å². The molecule has 18 heavy (non-hydrogen) atoms. The molecular formula is C16H19NO. The highest BCUT2D eigenvalue weighted by atomic mass is 16.5. The molecule has 1 fully saturated rings. The van der Waals surface area contributed by atoms with E-state index in [-0.39, 0.29) is 0 Å². The highest BCUT2D eigenvalue weighted by molar-refractivity contribution is 5.83. The lowest BCUT2D eigenvalue weighted by Gasteiger charge is -2.22. The van der Waals surface area contributed by atoms with Gasteiger partial charge in [0.2, 0.25) is 0 Å². The van der Waals surface area contributed by atoms with Crippen molar-refractivity contribution in [1.29, 1.82) is 0 Å². The van der Waals surface area contributed by atoms with E-state index in [2.05, 4.69) is 47.8 Å². The van der Waals surface area contributed by atoms with Crippen LogP contribution < -0.4 is 10.1 Å². The molecule has 1 atom stereocenters. The van der Waals surface area contributed by atoms with Crippen molar-refractivity contribution in [3.05, 3.63) is 42.5 Å². The Bertz CT molecular complexity index is 517. The lowest BCUT2D eigenvalue weighted by molar-refractivity contribution is 0.218. The standard InChI is InChI=1S/C16H19NO/c1-2-6-15-10-16(8-7-14(15)5-1)18-12-13-4-3-9-17-11-13/h1-2,5-8,10,13,17H,3-4,9,11-12H2/t13-/m1/s1. The van der Waals surface area contributed by atoms with Crippen molar-refractivity contribution >= 4 is 10.8 Å². The molecule has 1 aliphatic rings. The summed E-state index contributed by atoms with van der Waals surface area (Å²) in [6.45, 7) is 3.07. The van der Waals surface area contributed by atoms with Crippen LogP contribution in [0.25, 0.3) is 10.8 Å². The summed E-state index contributed by atoms with van der Waals surface area (Å²) in [6.07, 6.45) is 2.55. The zero-order chi connectivity index (χ0) is 12.2. The molecule has 2 aromatic rings. The lowest BCUT2D eigenvalue weighted by Crippen LogP contribution is -2.33. The Morgan fingerprint density at radius 2 is 2.00 bits per heavy atom. The number of benzene rings is 2. The highest BCUT2D eigenvalue weighted by Gasteiger charge is 2.13. The zero-order valence-corrected chi connectivity index (χ0v) is 10.6. The Morgan fingerprint density at radius 3 is 2.83 bits per heavy atom. The Labute approximate surface area is 108 Å². The Morgan fingerprint density at radius 1 is 1.11 bits per heavy atom. The maximum atomic E-state index is 5.91. The fourth-order valence-electron chi connectivity index (χ4n) is 2.54. The summed E-state index contributed by atoms with van der Waals surface area (Å²) in [6, 6.07) is 14.7. The lowest BCUT2D eigenvalue weighted by atomic mass is 10.0. The van der Waals surface area contributed by atoms with Gasteiger partial charge in [-0.3, -0.25) is 0 Å². The number of nitrogens with one attached hydrogen (secondary N) is 1. The Hall–Kier alpha value is -1.54. The molecule has 0 radical (unpaired) electrons. The monoisotopic (exact) mass is 241 g/mol. The summed E-state index contributed by atoms with van der Waals surface area (Å²) < 4.78 is 5.91. The molecule has 94 valence electrons. The normalized spacial score (nSPS) is 19.9. The highest BCUT2D eigenvalue weighted by Crippen LogP contribution is 2.21. The summed E-state index contributed by atoms with van der Waals surface area (Å²) in [4.78, 5) is 0. The molecule has 2 aromatic carbocycles. The maximum absolute atomic E-state index is 5.91. The largest absolute Gasteiger partial charge is 0.493 e. The quantitative estimate of drug-likeness (QED) is 0.891. The molecule has 0 saturated carbocycles. The van der Waals surface area contributed by atoms with Gasteiger partial charge in [0.1, 0.15) is 5.75 Å². The van der Waals surface area contributed by atoms with E-state index in [9.17, 15) is 0 Å². The van der Waals surface area contributed by atoms with Gasteiger partial charge in [-0.1, -0.05) is 30.3 Å². The van der Waals surface area contributed by atoms with Crippen LogP contribution >= 0.6 is 0 Å². The van der Waals surface area contributed by atoms with Gasteiger partial charge in [-0.05, 0) is 42.3 Å². The predicted octanol–water partition coefficient (Wildman–Crippen LogP) is 3.22. The third kappa shape index (κ3) is 2.65. The molecule has 2 nitrogen and oxygen atoms in total. The molecule has 0 aromatic heterocycles. The van der Waals surface area contributed by atoms with Crippen molar-refractivity contribution in [2.45, 2.75) is 12.8 Å². The van der Waals surface area contributed by atoms with Gasteiger partial charge in [0.05, 0.1) is 6.61 Å². The Kier molecular flexibility index (Phi) is 3.47. The molecule has 0 amide bonds. The van der Waals surface area contributed by atoms with Gasteiger partial charge in [0, 0.05) is 12.5 Å². The molecule has 1 heterocycles. The van der Waals surface area contributed by atoms with Crippen molar-refractivity contribution in [2.75, 3.05) is 19.7 Å². The molecule has 2 heteroatoms. The average molecular weight is 241 g/mol. The number of rotatable bonds is 3.